The predicted octanol–water partition coefficient (Wildman–Crippen LogP) is 3.82. The van der Waals surface area contributed by atoms with Gasteiger partial charge in [0.15, 0.2) is 5.16 Å². The lowest BCUT2D eigenvalue weighted by Gasteiger charge is -2.13. The van der Waals surface area contributed by atoms with Crippen molar-refractivity contribution in [3.05, 3.63) is 71.5 Å². The maximum absolute atomic E-state index is 11.8. The quantitative estimate of drug-likeness (QED) is 0.490. The minimum Gasteiger partial charge on any atom is -0.468 e. The Hall–Kier alpha value is -2.60. The molecule has 0 amide bonds. The molecule has 5 nitrogen and oxygen atoms in total. The van der Waals surface area contributed by atoms with Gasteiger partial charge in [0.05, 0.1) is 7.11 Å². The fourth-order valence-corrected chi connectivity index (χ4v) is 3.51. The molecule has 3 rings (SSSR count). The van der Waals surface area contributed by atoms with Crippen molar-refractivity contribution in [2.75, 3.05) is 7.11 Å². The third kappa shape index (κ3) is 4.14. The molecule has 0 radical (unpaired) electrons. The van der Waals surface area contributed by atoms with Gasteiger partial charge in [-0.15, -0.1) is 10.2 Å². The van der Waals surface area contributed by atoms with Crippen LogP contribution in [0.1, 0.15) is 23.9 Å². The molecule has 0 saturated heterocycles. The number of nitrogens with zero attached hydrogens (tertiary/aromatic N) is 3. The number of aromatic nitrogens is 3. The molecule has 1 atom stereocenters. The summed E-state index contributed by atoms with van der Waals surface area (Å²) in [6, 6.07) is 18.3. The van der Waals surface area contributed by atoms with Crippen LogP contribution in [0.15, 0.2) is 59.8 Å². The molecule has 3 aromatic rings. The molecule has 26 heavy (non-hydrogen) atoms. The van der Waals surface area contributed by atoms with E-state index in [-0.39, 0.29) is 11.2 Å². The topological polar surface area (TPSA) is 57.0 Å². The van der Waals surface area contributed by atoms with Crippen LogP contribution in [0.5, 0.6) is 0 Å². The van der Waals surface area contributed by atoms with Crippen LogP contribution in [0.4, 0.5) is 0 Å². The average Bonchev–Trinajstić information content (AvgIpc) is 3.04. The number of benzene rings is 2. The van der Waals surface area contributed by atoms with Crippen LogP contribution in [-0.4, -0.2) is 33.1 Å². The Labute approximate surface area is 157 Å². The number of thioether (sulfide) groups is 1. The normalized spacial score (nSPS) is 12.0. The molecule has 0 N–H and O–H groups in total. The van der Waals surface area contributed by atoms with Crippen molar-refractivity contribution in [2.24, 2.45) is 0 Å². The molecule has 0 spiro atoms. The number of hydrogen-bond acceptors (Lipinski definition) is 5. The van der Waals surface area contributed by atoms with Gasteiger partial charge < -0.3 is 4.74 Å². The molecule has 0 aliphatic rings. The summed E-state index contributed by atoms with van der Waals surface area (Å²) < 4.78 is 6.84. The lowest BCUT2D eigenvalue weighted by Crippen LogP contribution is -2.15. The smallest absolute Gasteiger partial charge is 0.318 e. The monoisotopic (exact) mass is 367 g/mol. The maximum atomic E-state index is 11.8. The van der Waals surface area contributed by atoms with Gasteiger partial charge in [0, 0.05) is 12.1 Å². The van der Waals surface area contributed by atoms with Gasteiger partial charge in [0.2, 0.25) is 0 Å². The molecule has 134 valence electrons. The van der Waals surface area contributed by atoms with Crippen molar-refractivity contribution in [3.8, 4) is 5.69 Å². The van der Waals surface area contributed by atoms with Gasteiger partial charge in [0.25, 0.3) is 0 Å². The number of methoxy groups -OCH3 is 1. The largest absolute Gasteiger partial charge is 0.468 e. The zero-order valence-electron chi connectivity index (χ0n) is 15.0. The van der Waals surface area contributed by atoms with Crippen molar-refractivity contribution in [1.82, 2.24) is 14.8 Å². The van der Waals surface area contributed by atoms with Crippen molar-refractivity contribution in [1.29, 1.82) is 0 Å². The highest BCUT2D eigenvalue weighted by atomic mass is 32.2. The standard InChI is InChI=1S/C20H21N3O2S/c1-14-9-11-17(12-10-14)23-18(13-16-7-5-4-6-8-16)21-22-20(23)26-15(2)19(24)25-3/h4-12,15H,13H2,1-3H3/t15-/m0/s1. The Balaban J connectivity index is 1.99. The zero-order valence-corrected chi connectivity index (χ0v) is 15.9. The van der Waals surface area contributed by atoms with Crippen LogP contribution < -0.4 is 0 Å². The Bertz CT molecular complexity index is 876. The van der Waals surface area contributed by atoms with E-state index in [0.29, 0.717) is 11.6 Å². The number of carbonyl (C=O) groups is 1. The van der Waals surface area contributed by atoms with E-state index in [9.17, 15) is 4.79 Å². The Morgan fingerprint density at radius 1 is 1.12 bits per heavy atom. The molecule has 1 aromatic heterocycles. The van der Waals surface area contributed by atoms with Crippen LogP contribution in [0.3, 0.4) is 0 Å². The van der Waals surface area contributed by atoms with E-state index < -0.39 is 0 Å². The summed E-state index contributed by atoms with van der Waals surface area (Å²) in [7, 11) is 1.39. The molecule has 6 heteroatoms. The van der Waals surface area contributed by atoms with Gasteiger partial charge in [-0.3, -0.25) is 9.36 Å². The van der Waals surface area contributed by atoms with Gasteiger partial charge >= 0.3 is 5.97 Å². The van der Waals surface area contributed by atoms with Gasteiger partial charge in [-0.05, 0) is 31.5 Å². The highest BCUT2D eigenvalue weighted by Crippen LogP contribution is 2.27. The fraction of sp³-hybridized carbons (Fsp3) is 0.250. The number of esters is 1. The summed E-state index contributed by atoms with van der Waals surface area (Å²) in [6.07, 6.45) is 0.662. The molecule has 0 unspecified atom stereocenters. The molecule has 0 bridgehead atoms. The highest BCUT2D eigenvalue weighted by Gasteiger charge is 2.21. The summed E-state index contributed by atoms with van der Waals surface area (Å²) >= 11 is 1.35. The van der Waals surface area contributed by atoms with Crippen molar-refractivity contribution >= 4 is 17.7 Å². The molecule has 2 aromatic carbocycles. The summed E-state index contributed by atoms with van der Waals surface area (Å²) in [5, 5.41) is 9.04. The number of hydrogen-bond donors (Lipinski definition) is 0. The highest BCUT2D eigenvalue weighted by molar-refractivity contribution is 8.00. The second-order valence-corrected chi connectivity index (χ2v) is 7.32. The minimum atomic E-state index is -0.363. The van der Waals surface area contributed by atoms with E-state index >= 15 is 0 Å². The third-order valence-electron chi connectivity index (χ3n) is 4.01. The lowest BCUT2D eigenvalue weighted by atomic mass is 10.1. The molecule has 0 saturated carbocycles. The van der Waals surface area contributed by atoms with Crippen molar-refractivity contribution in [3.63, 3.8) is 0 Å². The molecule has 1 heterocycles. The van der Waals surface area contributed by atoms with E-state index in [1.165, 1.54) is 24.4 Å². The molecular weight excluding hydrogens is 346 g/mol. The summed E-state index contributed by atoms with van der Waals surface area (Å²) in [6.45, 7) is 3.86. The van der Waals surface area contributed by atoms with Gasteiger partial charge in [-0.1, -0.05) is 59.8 Å². The first-order valence-electron chi connectivity index (χ1n) is 8.38. The van der Waals surface area contributed by atoms with E-state index in [0.717, 1.165) is 17.1 Å². The van der Waals surface area contributed by atoms with Gasteiger partial charge in [-0.25, -0.2) is 0 Å². The van der Waals surface area contributed by atoms with E-state index in [2.05, 4.69) is 41.4 Å². The van der Waals surface area contributed by atoms with E-state index in [1.54, 1.807) is 0 Å². The molecular formula is C20H21N3O2S. The number of rotatable bonds is 6. The van der Waals surface area contributed by atoms with Crippen LogP contribution in [0.2, 0.25) is 0 Å². The molecule has 0 fully saturated rings. The Morgan fingerprint density at radius 3 is 2.46 bits per heavy atom. The van der Waals surface area contributed by atoms with Crippen LogP contribution >= 0.6 is 11.8 Å². The van der Waals surface area contributed by atoms with Crippen molar-refractivity contribution in [2.45, 2.75) is 30.7 Å². The average molecular weight is 367 g/mol. The summed E-state index contributed by atoms with van der Waals surface area (Å²) in [5.74, 6) is 0.553. The van der Waals surface area contributed by atoms with Gasteiger partial charge in [0.1, 0.15) is 11.1 Å². The SMILES string of the molecule is COC(=O)[C@H](C)Sc1nnc(Cc2ccccc2)n1-c1ccc(C)cc1. The Kier molecular flexibility index (Phi) is 5.73. The number of carbonyl (C=O) groups excluding carboxylic acids is 1. The first-order valence-corrected chi connectivity index (χ1v) is 9.26. The predicted molar refractivity (Wildman–Crippen MR) is 103 cm³/mol. The van der Waals surface area contributed by atoms with Crippen LogP contribution in [-0.2, 0) is 16.0 Å². The van der Waals surface area contributed by atoms with Gasteiger partial charge in [-0.2, -0.15) is 0 Å². The number of ether oxygens (including phenoxy) is 1. The first-order chi connectivity index (χ1) is 12.6. The fourth-order valence-electron chi connectivity index (χ4n) is 2.59. The van der Waals surface area contributed by atoms with Crippen molar-refractivity contribution < 1.29 is 9.53 Å². The second kappa shape index (κ2) is 8.19. The van der Waals surface area contributed by atoms with Crippen LogP contribution in [0.25, 0.3) is 5.69 Å². The lowest BCUT2D eigenvalue weighted by molar-refractivity contribution is -0.139. The Morgan fingerprint density at radius 2 is 1.81 bits per heavy atom. The zero-order chi connectivity index (χ0) is 18.5. The van der Waals surface area contributed by atoms with Crippen LogP contribution in [0, 0.1) is 6.92 Å². The molecule has 0 aliphatic carbocycles. The van der Waals surface area contributed by atoms with E-state index in [1.807, 2.05) is 41.8 Å². The second-order valence-electron chi connectivity index (χ2n) is 6.02. The first kappa shape index (κ1) is 18.2. The third-order valence-corrected chi connectivity index (χ3v) is 5.03. The minimum absolute atomic E-state index is 0.280. The summed E-state index contributed by atoms with van der Waals surface area (Å²) in [4.78, 5) is 11.8. The number of aryl methyl sites for hydroxylation is 1. The molecule has 0 aliphatic heterocycles. The summed E-state index contributed by atoms with van der Waals surface area (Å²) in [5.41, 5.74) is 3.32. The maximum Gasteiger partial charge on any atom is 0.318 e. The van der Waals surface area contributed by atoms with E-state index in [4.69, 9.17) is 4.74 Å².